The molecule has 0 rings (SSSR count). The van der Waals surface area contributed by atoms with Gasteiger partial charge in [0.1, 0.15) is 0 Å². The fourth-order valence-corrected chi connectivity index (χ4v) is 1.55. The molecule has 1 unspecified atom stereocenters. The lowest BCUT2D eigenvalue weighted by molar-refractivity contribution is 0.556. The molecule has 0 heterocycles. The monoisotopic (exact) mass is 187 g/mol. The van der Waals surface area contributed by atoms with Crippen molar-refractivity contribution in [2.24, 2.45) is 0 Å². The second-order valence-corrected chi connectivity index (χ2v) is 4.12. The number of hydrogen-bond acceptors (Lipinski definition) is 2. The molecule has 0 radical (unpaired) electrons. The zero-order chi connectivity index (χ0) is 9.40. The van der Waals surface area contributed by atoms with Gasteiger partial charge in [0.05, 0.1) is 0 Å². The first-order valence-electron chi connectivity index (χ1n) is 4.60. The Labute approximate surface area is 81.0 Å². The molecule has 0 aromatic heterocycles. The Bertz CT molecular complexity index is 115. The van der Waals surface area contributed by atoms with Gasteiger partial charge in [-0.3, -0.25) is 0 Å². The summed E-state index contributed by atoms with van der Waals surface area (Å²) < 4.78 is 0. The molecular weight excluding hydrogens is 166 g/mol. The van der Waals surface area contributed by atoms with Crippen LogP contribution in [0.25, 0.3) is 0 Å². The summed E-state index contributed by atoms with van der Waals surface area (Å²) in [4.78, 5) is 0. The molecule has 72 valence electrons. The first kappa shape index (κ1) is 12.0. The molecule has 2 heteroatoms. The predicted molar refractivity (Wildman–Crippen MR) is 59.9 cm³/mol. The lowest BCUT2D eigenvalue weighted by atomic mass is 10.1. The van der Waals surface area contributed by atoms with Gasteiger partial charge in [0, 0.05) is 6.04 Å². The van der Waals surface area contributed by atoms with Gasteiger partial charge in [-0.1, -0.05) is 19.1 Å². The highest BCUT2D eigenvalue weighted by atomic mass is 32.2. The maximum Gasteiger partial charge on any atom is 0.0281 e. The number of hydrogen-bond donors (Lipinski definition) is 1. The molecule has 0 aliphatic rings. The Balaban J connectivity index is 3.62. The SMILES string of the molecule is C=C(C)C(CCSC)NCCC. The quantitative estimate of drug-likeness (QED) is 0.615. The first-order valence-corrected chi connectivity index (χ1v) is 5.99. The van der Waals surface area contributed by atoms with Crippen molar-refractivity contribution in [2.45, 2.75) is 32.7 Å². The minimum absolute atomic E-state index is 0.525. The summed E-state index contributed by atoms with van der Waals surface area (Å²) in [6.45, 7) is 9.39. The molecule has 1 atom stereocenters. The van der Waals surface area contributed by atoms with Gasteiger partial charge in [-0.05, 0) is 38.3 Å². The van der Waals surface area contributed by atoms with Crippen molar-refractivity contribution < 1.29 is 0 Å². The van der Waals surface area contributed by atoms with E-state index >= 15 is 0 Å². The zero-order valence-corrected chi connectivity index (χ0v) is 9.34. The highest BCUT2D eigenvalue weighted by molar-refractivity contribution is 7.98. The van der Waals surface area contributed by atoms with E-state index in [-0.39, 0.29) is 0 Å². The van der Waals surface area contributed by atoms with Gasteiger partial charge in [0.2, 0.25) is 0 Å². The second-order valence-electron chi connectivity index (χ2n) is 3.13. The minimum Gasteiger partial charge on any atom is -0.310 e. The number of rotatable bonds is 7. The summed E-state index contributed by atoms with van der Waals surface area (Å²) in [5.41, 5.74) is 1.26. The van der Waals surface area contributed by atoms with Crippen molar-refractivity contribution in [3.05, 3.63) is 12.2 Å². The summed E-state index contributed by atoms with van der Waals surface area (Å²) in [5.74, 6) is 1.22. The molecule has 0 aromatic carbocycles. The van der Waals surface area contributed by atoms with Gasteiger partial charge in [0.25, 0.3) is 0 Å². The van der Waals surface area contributed by atoms with E-state index in [1.165, 1.54) is 24.2 Å². The van der Waals surface area contributed by atoms with Crippen molar-refractivity contribution in [3.8, 4) is 0 Å². The molecule has 0 spiro atoms. The van der Waals surface area contributed by atoms with Crippen LogP contribution in [0.1, 0.15) is 26.7 Å². The van der Waals surface area contributed by atoms with Crippen molar-refractivity contribution in [1.29, 1.82) is 0 Å². The van der Waals surface area contributed by atoms with E-state index in [1.54, 1.807) is 0 Å². The van der Waals surface area contributed by atoms with Crippen LogP contribution >= 0.6 is 11.8 Å². The van der Waals surface area contributed by atoms with E-state index in [1.807, 2.05) is 11.8 Å². The van der Waals surface area contributed by atoms with Crippen LogP contribution < -0.4 is 5.32 Å². The Morgan fingerprint density at radius 3 is 2.67 bits per heavy atom. The van der Waals surface area contributed by atoms with Crippen LogP contribution in [-0.2, 0) is 0 Å². The maximum absolute atomic E-state index is 3.99. The third-order valence-corrected chi connectivity index (χ3v) is 2.49. The lowest BCUT2D eigenvalue weighted by Crippen LogP contribution is -2.31. The van der Waals surface area contributed by atoms with Gasteiger partial charge in [0.15, 0.2) is 0 Å². The summed E-state index contributed by atoms with van der Waals surface area (Å²) >= 11 is 1.90. The van der Waals surface area contributed by atoms with Gasteiger partial charge in [-0.15, -0.1) is 0 Å². The Kier molecular flexibility index (Phi) is 7.72. The maximum atomic E-state index is 3.99. The van der Waals surface area contributed by atoms with Crippen molar-refractivity contribution in [2.75, 3.05) is 18.6 Å². The summed E-state index contributed by atoms with van der Waals surface area (Å²) in [7, 11) is 0. The van der Waals surface area contributed by atoms with Crippen molar-refractivity contribution >= 4 is 11.8 Å². The molecule has 0 saturated heterocycles. The average Bonchev–Trinajstić information content (AvgIpc) is 2.04. The van der Waals surface area contributed by atoms with Crippen LogP contribution in [0, 0.1) is 0 Å². The van der Waals surface area contributed by atoms with Crippen molar-refractivity contribution in [3.63, 3.8) is 0 Å². The van der Waals surface area contributed by atoms with Crippen LogP contribution in [0.4, 0.5) is 0 Å². The third kappa shape index (κ3) is 5.67. The van der Waals surface area contributed by atoms with Gasteiger partial charge < -0.3 is 5.32 Å². The van der Waals surface area contributed by atoms with Crippen LogP contribution in [-0.4, -0.2) is 24.6 Å². The zero-order valence-electron chi connectivity index (χ0n) is 8.52. The summed E-state index contributed by atoms with van der Waals surface area (Å²) in [6.07, 6.45) is 4.55. The van der Waals surface area contributed by atoms with E-state index < -0.39 is 0 Å². The summed E-state index contributed by atoms with van der Waals surface area (Å²) in [5, 5.41) is 3.49. The molecular formula is C10H21NS. The standard InChI is InChI=1S/C10H21NS/c1-5-7-11-10(9(2)3)6-8-12-4/h10-11H,2,5-8H2,1,3-4H3. The third-order valence-electron chi connectivity index (χ3n) is 1.85. The molecule has 0 amide bonds. The average molecular weight is 187 g/mol. The predicted octanol–water partition coefficient (Wildman–Crippen LogP) is 2.68. The van der Waals surface area contributed by atoms with Crippen LogP contribution in [0.5, 0.6) is 0 Å². The lowest BCUT2D eigenvalue weighted by Gasteiger charge is -2.17. The highest BCUT2D eigenvalue weighted by Gasteiger charge is 2.06. The molecule has 12 heavy (non-hydrogen) atoms. The molecule has 0 aliphatic carbocycles. The first-order chi connectivity index (χ1) is 5.72. The molecule has 0 bridgehead atoms. The molecule has 0 fully saturated rings. The van der Waals surface area contributed by atoms with E-state index in [0.29, 0.717) is 6.04 Å². The van der Waals surface area contributed by atoms with E-state index in [2.05, 4.69) is 32.0 Å². The largest absolute Gasteiger partial charge is 0.310 e. The Hall–Kier alpha value is 0.0500. The Morgan fingerprint density at radius 2 is 2.25 bits per heavy atom. The van der Waals surface area contributed by atoms with Crippen LogP contribution in [0.3, 0.4) is 0 Å². The van der Waals surface area contributed by atoms with Gasteiger partial charge >= 0.3 is 0 Å². The van der Waals surface area contributed by atoms with E-state index in [4.69, 9.17) is 0 Å². The topological polar surface area (TPSA) is 12.0 Å². The van der Waals surface area contributed by atoms with Crippen molar-refractivity contribution in [1.82, 2.24) is 5.32 Å². The van der Waals surface area contributed by atoms with E-state index in [9.17, 15) is 0 Å². The summed E-state index contributed by atoms with van der Waals surface area (Å²) in [6, 6.07) is 0.525. The van der Waals surface area contributed by atoms with E-state index in [0.717, 1.165) is 6.54 Å². The highest BCUT2D eigenvalue weighted by Crippen LogP contribution is 2.07. The molecule has 0 aliphatic heterocycles. The Morgan fingerprint density at radius 1 is 1.58 bits per heavy atom. The second kappa shape index (κ2) is 7.69. The molecule has 0 aromatic rings. The molecule has 1 N–H and O–H groups in total. The normalized spacial score (nSPS) is 12.9. The van der Waals surface area contributed by atoms with Gasteiger partial charge in [-0.25, -0.2) is 0 Å². The molecule has 0 saturated carbocycles. The number of thioether (sulfide) groups is 1. The fraction of sp³-hybridized carbons (Fsp3) is 0.800. The minimum atomic E-state index is 0.525. The van der Waals surface area contributed by atoms with Crippen LogP contribution in [0.2, 0.25) is 0 Å². The van der Waals surface area contributed by atoms with Crippen LogP contribution in [0.15, 0.2) is 12.2 Å². The number of nitrogens with one attached hydrogen (secondary N) is 1. The van der Waals surface area contributed by atoms with Gasteiger partial charge in [-0.2, -0.15) is 11.8 Å². The fourth-order valence-electron chi connectivity index (χ4n) is 1.08. The molecule has 1 nitrogen and oxygen atoms in total. The smallest absolute Gasteiger partial charge is 0.0281 e.